The Hall–Kier alpha value is -0.780. The summed E-state index contributed by atoms with van der Waals surface area (Å²) in [5.74, 6) is -1.27. The van der Waals surface area contributed by atoms with Crippen molar-refractivity contribution in [1.29, 1.82) is 0 Å². The summed E-state index contributed by atoms with van der Waals surface area (Å²) < 4.78 is 37.8. The van der Waals surface area contributed by atoms with Gasteiger partial charge in [-0.1, -0.05) is 20.3 Å². The fourth-order valence-corrected chi connectivity index (χ4v) is 2.34. The van der Waals surface area contributed by atoms with Crippen LogP contribution < -0.4 is 10.6 Å². The molecule has 0 aliphatic heterocycles. The Labute approximate surface area is 112 Å². The van der Waals surface area contributed by atoms with Crippen molar-refractivity contribution >= 4 is 5.91 Å². The number of rotatable bonds is 5. The molecule has 6 heteroatoms. The summed E-state index contributed by atoms with van der Waals surface area (Å²) in [7, 11) is 0. The molecule has 2 unspecified atom stereocenters. The highest BCUT2D eigenvalue weighted by molar-refractivity contribution is 5.77. The number of amides is 1. The second-order valence-corrected chi connectivity index (χ2v) is 5.50. The van der Waals surface area contributed by atoms with E-state index in [9.17, 15) is 18.0 Å². The maximum atomic E-state index is 12.6. The lowest BCUT2D eigenvalue weighted by Crippen LogP contribution is -2.42. The molecule has 0 heterocycles. The average Bonchev–Trinajstić information content (AvgIpc) is 2.33. The number of carbonyl (C=O) groups is 1. The van der Waals surface area contributed by atoms with E-state index in [2.05, 4.69) is 10.6 Å². The highest BCUT2D eigenvalue weighted by Crippen LogP contribution is 2.37. The first-order valence-electron chi connectivity index (χ1n) is 6.88. The fourth-order valence-electron chi connectivity index (χ4n) is 2.34. The van der Waals surface area contributed by atoms with Crippen molar-refractivity contribution in [2.45, 2.75) is 51.7 Å². The van der Waals surface area contributed by atoms with Crippen LogP contribution in [0.4, 0.5) is 13.2 Å². The zero-order valence-corrected chi connectivity index (χ0v) is 11.5. The van der Waals surface area contributed by atoms with Gasteiger partial charge in [-0.15, -0.1) is 0 Å². The molecule has 112 valence electrons. The minimum Gasteiger partial charge on any atom is -0.355 e. The zero-order valence-electron chi connectivity index (χ0n) is 11.5. The van der Waals surface area contributed by atoms with Crippen molar-refractivity contribution in [2.24, 2.45) is 11.8 Å². The number of hydrogen-bond acceptors (Lipinski definition) is 2. The standard InChI is InChI=1S/C13H23F3N2O/c1-9(2)12(19)18-7-6-17-11-5-3-4-10(8-11)13(14,15)16/h9-11,17H,3-8H2,1-2H3,(H,18,19). The van der Waals surface area contributed by atoms with Crippen molar-refractivity contribution < 1.29 is 18.0 Å². The van der Waals surface area contributed by atoms with Crippen molar-refractivity contribution in [3.63, 3.8) is 0 Å². The first kappa shape index (κ1) is 16.3. The SMILES string of the molecule is CC(C)C(=O)NCCNC1CCCC(C(F)(F)F)C1. The van der Waals surface area contributed by atoms with Crippen molar-refractivity contribution in [3.8, 4) is 0 Å². The molecule has 1 rings (SSSR count). The molecule has 1 amide bonds. The fraction of sp³-hybridized carbons (Fsp3) is 0.923. The number of carbonyl (C=O) groups excluding carboxylic acids is 1. The highest BCUT2D eigenvalue weighted by Gasteiger charge is 2.41. The molecule has 2 atom stereocenters. The van der Waals surface area contributed by atoms with Gasteiger partial charge in [0.25, 0.3) is 0 Å². The topological polar surface area (TPSA) is 41.1 Å². The Kier molecular flexibility index (Phi) is 6.10. The van der Waals surface area contributed by atoms with Gasteiger partial charge in [0.1, 0.15) is 0 Å². The Morgan fingerprint density at radius 2 is 1.95 bits per heavy atom. The third kappa shape index (κ3) is 5.80. The molecule has 0 spiro atoms. The Morgan fingerprint density at radius 1 is 1.26 bits per heavy atom. The van der Waals surface area contributed by atoms with E-state index in [0.29, 0.717) is 19.5 Å². The number of nitrogens with one attached hydrogen (secondary N) is 2. The van der Waals surface area contributed by atoms with Gasteiger partial charge in [0.2, 0.25) is 5.91 Å². The van der Waals surface area contributed by atoms with Gasteiger partial charge in [0.05, 0.1) is 5.92 Å². The van der Waals surface area contributed by atoms with Gasteiger partial charge < -0.3 is 10.6 Å². The van der Waals surface area contributed by atoms with Crippen LogP contribution in [0, 0.1) is 11.8 Å². The van der Waals surface area contributed by atoms with Gasteiger partial charge in [-0.2, -0.15) is 13.2 Å². The lowest BCUT2D eigenvalue weighted by Gasteiger charge is -2.31. The first-order chi connectivity index (χ1) is 8.80. The molecule has 0 aromatic rings. The summed E-state index contributed by atoms with van der Waals surface area (Å²) in [6.45, 7) is 4.59. The lowest BCUT2D eigenvalue weighted by atomic mass is 9.85. The number of hydrogen-bond donors (Lipinski definition) is 2. The molecule has 2 N–H and O–H groups in total. The molecule has 1 aliphatic carbocycles. The Morgan fingerprint density at radius 3 is 2.53 bits per heavy atom. The van der Waals surface area contributed by atoms with Crippen LogP contribution in [0.25, 0.3) is 0 Å². The molecular weight excluding hydrogens is 257 g/mol. The summed E-state index contributed by atoms with van der Waals surface area (Å²) in [6, 6.07) is -0.0867. The molecule has 1 saturated carbocycles. The van der Waals surface area contributed by atoms with Gasteiger partial charge in [0.15, 0.2) is 0 Å². The Balaban J connectivity index is 2.21. The third-order valence-corrected chi connectivity index (χ3v) is 3.52. The second kappa shape index (κ2) is 7.12. The maximum absolute atomic E-state index is 12.6. The molecule has 0 saturated heterocycles. The quantitative estimate of drug-likeness (QED) is 0.760. The summed E-state index contributed by atoms with van der Waals surface area (Å²) in [4.78, 5) is 11.3. The van der Waals surface area contributed by atoms with E-state index in [-0.39, 0.29) is 30.7 Å². The lowest BCUT2D eigenvalue weighted by molar-refractivity contribution is -0.183. The van der Waals surface area contributed by atoms with Crippen LogP contribution in [0.1, 0.15) is 39.5 Å². The summed E-state index contributed by atoms with van der Waals surface area (Å²) in [5, 5.41) is 5.84. The van der Waals surface area contributed by atoms with Gasteiger partial charge in [-0.3, -0.25) is 4.79 Å². The van der Waals surface area contributed by atoms with Crippen LogP contribution in [0.2, 0.25) is 0 Å². The monoisotopic (exact) mass is 280 g/mol. The van der Waals surface area contributed by atoms with Gasteiger partial charge in [-0.25, -0.2) is 0 Å². The maximum Gasteiger partial charge on any atom is 0.391 e. The van der Waals surface area contributed by atoms with E-state index in [1.54, 1.807) is 13.8 Å². The van der Waals surface area contributed by atoms with Crippen LogP contribution in [-0.4, -0.2) is 31.2 Å². The van der Waals surface area contributed by atoms with E-state index in [1.807, 2.05) is 0 Å². The molecule has 0 bridgehead atoms. The van der Waals surface area contributed by atoms with Crippen LogP contribution >= 0.6 is 0 Å². The van der Waals surface area contributed by atoms with Crippen LogP contribution in [0.15, 0.2) is 0 Å². The summed E-state index contributed by atoms with van der Waals surface area (Å²) in [6.07, 6.45) is -2.29. The molecule has 0 aromatic carbocycles. The molecule has 0 radical (unpaired) electrons. The van der Waals surface area contributed by atoms with Crippen LogP contribution in [-0.2, 0) is 4.79 Å². The molecule has 1 fully saturated rings. The van der Waals surface area contributed by atoms with E-state index < -0.39 is 12.1 Å². The predicted molar refractivity (Wildman–Crippen MR) is 67.7 cm³/mol. The second-order valence-electron chi connectivity index (χ2n) is 5.50. The summed E-state index contributed by atoms with van der Waals surface area (Å²) in [5.41, 5.74) is 0. The minimum absolute atomic E-state index is 0.0291. The van der Waals surface area contributed by atoms with E-state index >= 15 is 0 Å². The van der Waals surface area contributed by atoms with Crippen molar-refractivity contribution in [3.05, 3.63) is 0 Å². The number of halogens is 3. The molecule has 1 aliphatic rings. The van der Waals surface area contributed by atoms with E-state index in [4.69, 9.17) is 0 Å². The van der Waals surface area contributed by atoms with E-state index in [0.717, 1.165) is 6.42 Å². The Bertz CT molecular complexity index is 292. The highest BCUT2D eigenvalue weighted by atomic mass is 19.4. The molecule has 0 aromatic heterocycles. The van der Waals surface area contributed by atoms with Gasteiger partial charge in [-0.05, 0) is 19.3 Å². The number of alkyl halides is 3. The van der Waals surface area contributed by atoms with Crippen LogP contribution in [0.3, 0.4) is 0 Å². The predicted octanol–water partition coefficient (Wildman–Crippen LogP) is 2.47. The molecular formula is C13H23F3N2O. The largest absolute Gasteiger partial charge is 0.391 e. The summed E-state index contributed by atoms with van der Waals surface area (Å²) >= 11 is 0. The van der Waals surface area contributed by atoms with E-state index in [1.165, 1.54) is 0 Å². The third-order valence-electron chi connectivity index (χ3n) is 3.52. The zero-order chi connectivity index (χ0) is 14.5. The average molecular weight is 280 g/mol. The smallest absolute Gasteiger partial charge is 0.355 e. The van der Waals surface area contributed by atoms with Gasteiger partial charge in [0, 0.05) is 25.0 Å². The first-order valence-corrected chi connectivity index (χ1v) is 6.88. The van der Waals surface area contributed by atoms with Crippen LogP contribution in [0.5, 0.6) is 0 Å². The van der Waals surface area contributed by atoms with Crippen molar-refractivity contribution in [2.75, 3.05) is 13.1 Å². The minimum atomic E-state index is -4.08. The van der Waals surface area contributed by atoms with Gasteiger partial charge >= 0.3 is 6.18 Å². The normalized spacial score (nSPS) is 24.5. The molecule has 19 heavy (non-hydrogen) atoms. The molecule has 3 nitrogen and oxygen atoms in total. The van der Waals surface area contributed by atoms with Crippen molar-refractivity contribution in [1.82, 2.24) is 10.6 Å².